The number of rotatable bonds is 2. The SMILES string of the molecule is O=C(O)C(O)c1c(F)ccc(Cl)c1O. The van der Waals surface area contributed by atoms with Crippen molar-refractivity contribution in [1.82, 2.24) is 0 Å². The maximum absolute atomic E-state index is 13.0. The molecular formula is C8H6ClFO4. The number of hydrogen-bond acceptors (Lipinski definition) is 3. The fourth-order valence-electron chi connectivity index (χ4n) is 0.940. The zero-order valence-corrected chi connectivity index (χ0v) is 7.49. The summed E-state index contributed by atoms with van der Waals surface area (Å²) in [6.07, 6.45) is -2.13. The highest BCUT2D eigenvalue weighted by Gasteiger charge is 2.25. The molecule has 0 spiro atoms. The van der Waals surface area contributed by atoms with E-state index in [1.165, 1.54) is 0 Å². The summed E-state index contributed by atoms with van der Waals surface area (Å²) in [5.41, 5.74) is -0.731. The number of halogens is 2. The van der Waals surface area contributed by atoms with Gasteiger partial charge in [-0.2, -0.15) is 0 Å². The molecule has 14 heavy (non-hydrogen) atoms. The van der Waals surface area contributed by atoms with Crippen LogP contribution in [-0.2, 0) is 4.79 Å². The molecule has 0 saturated carbocycles. The minimum Gasteiger partial charge on any atom is -0.506 e. The maximum Gasteiger partial charge on any atom is 0.337 e. The molecule has 0 radical (unpaired) electrons. The van der Waals surface area contributed by atoms with Crippen LogP contribution in [0.25, 0.3) is 0 Å². The van der Waals surface area contributed by atoms with E-state index < -0.39 is 29.2 Å². The maximum atomic E-state index is 13.0. The topological polar surface area (TPSA) is 77.8 Å². The van der Waals surface area contributed by atoms with Gasteiger partial charge in [-0.25, -0.2) is 9.18 Å². The van der Waals surface area contributed by atoms with Crippen LogP contribution in [0.1, 0.15) is 11.7 Å². The van der Waals surface area contributed by atoms with E-state index in [1.807, 2.05) is 0 Å². The van der Waals surface area contributed by atoms with Crippen LogP contribution in [0.2, 0.25) is 5.02 Å². The van der Waals surface area contributed by atoms with E-state index in [-0.39, 0.29) is 5.02 Å². The lowest BCUT2D eigenvalue weighted by atomic mass is 10.1. The minimum absolute atomic E-state index is 0.221. The molecule has 0 aliphatic rings. The number of phenols is 1. The Balaban J connectivity index is 3.32. The van der Waals surface area contributed by atoms with Gasteiger partial charge < -0.3 is 15.3 Å². The Labute approximate surface area is 83.2 Å². The molecule has 1 aromatic carbocycles. The van der Waals surface area contributed by atoms with Gasteiger partial charge in [0.15, 0.2) is 6.10 Å². The van der Waals surface area contributed by atoms with E-state index in [1.54, 1.807) is 0 Å². The zero-order valence-electron chi connectivity index (χ0n) is 6.74. The van der Waals surface area contributed by atoms with E-state index >= 15 is 0 Å². The van der Waals surface area contributed by atoms with Gasteiger partial charge in [-0.15, -0.1) is 0 Å². The molecule has 1 aromatic rings. The summed E-state index contributed by atoms with van der Waals surface area (Å²) >= 11 is 5.41. The Kier molecular flexibility index (Phi) is 2.93. The fourth-order valence-corrected chi connectivity index (χ4v) is 1.11. The average molecular weight is 221 g/mol. The Morgan fingerprint density at radius 1 is 1.50 bits per heavy atom. The Morgan fingerprint density at radius 2 is 2.07 bits per heavy atom. The highest BCUT2D eigenvalue weighted by Crippen LogP contribution is 2.33. The lowest BCUT2D eigenvalue weighted by Crippen LogP contribution is -2.12. The molecule has 0 aliphatic carbocycles. The molecule has 0 bridgehead atoms. The number of aromatic hydroxyl groups is 1. The quantitative estimate of drug-likeness (QED) is 0.702. The van der Waals surface area contributed by atoms with Crippen LogP contribution in [0.5, 0.6) is 5.75 Å². The standard InChI is InChI=1S/C8H6ClFO4/c9-3-1-2-4(10)5(6(3)11)7(12)8(13)14/h1-2,7,11-12H,(H,13,14). The van der Waals surface area contributed by atoms with Crippen molar-refractivity contribution < 1.29 is 24.5 Å². The van der Waals surface area contributed by atoms with E-state index in [2.05, 4.69) is 0 Å². The zero-order chi connectivity index (χ0) is 10.9. The first-order chi connectivity index (χ1) is 6.45. The van der Waals surface area contributed by atoms with Gasteiger partial charge in [-0.1, -0.05) is 11.6 Å². The predicted octanol–water partition coefficient (Wildman–Crippen LogP) is 1.30. The molecule has 1 atom stereocenters. The average Bonchev–Trinajstić information content (AvgIpc) is 2.12. The third kappa shape index (κ3) is 1.78. The normalized spacial score (nSPS) is 12.5. The monoisotopic (exact) mass is 220 g/mol. The van der Waals surface area contributed by atoms with Gasteiger partial charge >= 0.3 is 5.97 Å². The molecule has 0 fully saturated rings. The second kappa shape index (κ2) is 3.81. The van der Waals surface area contributed by atoms with Gasteiger partial charge in [0.05, 0.1) is 10.6 Å². The summed E-state index contributed by atoms with van der Waals surface area (Å²) < 4.78 is 13.0. The third-order valence-electron chi connectivity index (χ3n) is 1.62. The summed E-state index contributed by atoms with van der Waals surface area (Å²) in [4.78, 5) is 10.3. The molecule has 4 nitrogen and oxygen atoms in total. The van der Waals surface area contributed by atoms with Crippen LogP contribution in [0, 0.1) is 5.82 Å². The Bertz CT molecular complexity index is 380. The molecule has 76 valence electrons. The molecule has 0 amide bonds. The van der Waals surface area contributed by atoms with Gasteiger partial charge in [-0.3, -0.25) is 0 Å². The molecule has 0 aromatic heterocycles. The summed E-state index contributed by atoms with van der Waals surface area (Å²) in [5.74, 6) is -3.45. The van der Waals surface area contributed by atoms with Crippen LogP contribution in [0.15, 0.2) is 12.1 Å². The number of carboxylic acid groups (broad SMARTS) is 1. The highest BCUT2D eigenvalue weighted by molar-refractivity contribution is 6.32. The largest absolute Gasteiger partial charge is 0.506 e. The molecule has 0 saturated heterocycles. The number of aliphatic hydroxyl groups excluding tert-OH is 1. The van der Waals surface area contributed by atoms with Crippen LogP contribution in [0.4, 0.5) is 4.39 Å². The van der Waals surface area contributed by atoms with Gasteiger partial charge in [0.2, 0.25) is 0 Å². The smallest absolute Gasteiger partial charge is 0.337 e. The Hall–Kier alpha value is -1.33. The summed E-state index contributed by atoms with van der Waals surface area (Å²) in [6.45, 7) is 0. The number of hydrogen-bond donors (Lipinski definition) is 3. The van der Waals surface area contributed by atoms with E-state index in [9.17, 15) is 14.3 Å². The number of benzene rings is 1. The van der Waals surface area contributed by atoms with E-state index in [4.69, 9.17) is 21.8 Å². The summed E-state index contributed by atoms with van der Waals surface area (Å²) in [6, 6.07) is 1.92. The van der Waals surface area contributed by atoms with Crippen LogP contribution >= 0.6 is 11.6 Å². The van der Waals surface area contributed by atoms with Gasteiger partial charge in [0.1, 0.15) is 11.6 Å². The van der Waals surface area contributed by atoms with Gasteiger partial charge in [0, 0.05) is 0 Å². The fraction of sp³-hybridized carbons (Fsp3) is 0.125. The molecule has 0 aliphatic heterocycles. The molecule has 0 heterocycles. The van der Waals surface area contributed by atoms with Crippen molar-refractivity contribution in [3.05, 3.63) is 28.5 Å². The number of aliphatic carboxylic acids is 1. The van der Waals surface area contributed by atoms with Crippen LogP contribution in [0.3, 0.4) is 0 Å². The lowest BCUT2D eigenvalue weighted by molar-refractivity contribution is -0.147. The molecular weight excluding hydrogens is 215 g/mol. The van der Waals surface area contributed by atoms with Gasteiger partial charge in [-0.05, 0) is 12.1 Å². The number of carbonyl (C=O) groups is 1. The second-order valence-corrected chi connectivity index (χ2v) is 2.94. The number of carboxylic acids is 1. The van der Waals surface area contributed by atoms with Crippen molar-refractivity contribution in [2.45, 2.75) is 6.10 Å². The first-order valence-electron chi connectivity index (χ1n) is 3.53. The van der Waals surface area contributed by atoms with Crippen molar-refractivity contribution >= 4 is 17.6 Å². The molecule has 1 unspecified atom stereocenters. The molecule has 3 N–H and O–H groups in total. The number of aliphatic hydroxyl groups is 1. The van der Waals surface area contributed by atoms with Crippen LogP contribution < -0.4 is 0 Å². The lowest BCUT2D eigenvalue weighted by Gasteiger charge is -2.10. The van der Waals surface area contributed by atoms with E-state index in [0.717, 1.165) is 12.1 Å². The highest BCUT2D eigenvalue weighted by atomic mass is 35.5. The van der Waals surface area contributed by atoms with Gasteiger partial charge in [0.25, 0.3) is 0 Å². The van der Waals surface area contributed by atoms with Crippen molar-refractivity contribution in [2.75, 3.05) is 0 Å². The van der Waals surface area contributed by atoms with Crippen molar-refractivity contribution in [3.63, 3.8) is 0 Å². The molecule has 6 heteroatoms. The minimum atomic E-state index is -2.13. The van der Waals surface area contributed by atoms with Crippen molar-refractivity contribution in [3.8, 4) is 5.75 Å². The Morgan fingerprint density at radius 3 is 2.57 bits per heavy atom. The van der Waals surface area contributed by atoms with E-state index in [0.29, 0.717) is 0 Å². The third-order valence-corrected chi connectivity index (χ3v) is 1.93. The first kappa shape index (κ1) is 10.7. The summed E-state index contributed by atoms with van der Waals surface area (Å²) in [7, 11) is 0. The van der Waals surface area contributed by atoms with Crippen molar-refractivity contribution in [2.24, 2.45) is 0 Å². The number of phenolic OH excluding ortho intramolecular Hbond substituents is 1. The van der Waals surface area contributed by atoms with Crippen LogP contribution in [-0.4, -0.2) is 21.3 Å². The summed E-state index contributed by atoms with van der Waals surface area (Å²) in [5, 5.41) is 26.4. The second-order valence-electron chi connectivity index (χ2n) is 2.53. The predicted molar refractivity (Wildman–Crippen MR) is 45.7 cm³/mol. The molecule has 1 rings (SSSR count). The first-order valence-corrected chi connectivity index (χ1v) is 3.90. The van der Waals surface area contributed by atoms with Crippen molar-refractivity contribution in [1.29, 1.82) is 0 Å².